The molecule has 0 aliphatic carbocycles. The number of halogens is 1. The molecule has 0 radical (unpaired) electrons. The molecule has 2 aromatic carbocycles. The normalized spacial score (nSPS) is 11.5. The number of ether oxygens (including phenoxy) is 1. The van der Waals surface area contributed by atoms with E-state index in [1.54, 1.807) is 25.7 Å². The van der Waals surface area contributed by atoms with Crippen LogP contribution in [0.2, 0.25) is 5.02 Å². The van der Waals surface area contributed by atoms with Gasteiger partial charge in [0.15, 0.2) is 5.13 Å². The lowest BCUT2D eigenvalue weighted by Crippen LogP contribution is -2.34. The van der Waals surface area contributed by atoms with Gasteiger partial charge in [0.2, 0.25) is 5.91 Å². The molecule has 0 N–H and O–H groups in total. The zero-order chi connectivity index (χ0) is 25.8. The molecule has 1 aromatic heterocycles. The van der Waals surface area contributed by atoms with Gasteiger partial charge >= 0.3 is 5.97 Å². The van der Waals surface area contributed by atoms with Crippen LogP contribution in [0.15, 0.2) is 48.5 Å². The number of rotatable bonds is 8. The Morgan fingerprint density at radius 2 is 1.80 bits per heavy atom. The van der Waals surface area contributed by atoms with E-state index in [1.807, 2.05) is 55.5 Å². The first-order valence-electron chi connectivity index (χ1n) is 11.8. The quantitative estimate of drug-likeness (QED) is 0.236. The second kappa shape index (κ2) is 11.4. The van der Waals surface area contributed by atoms with Crippen molar-refractivity contribution in [2.24, 2.45) is 5.92 Å². The van der Waals surface area contributed by atoms with Crippen molar-refractivity contribution in [3.8, 4) is 11.3 Å². The molecule has 1 amide bonds. The fraction of sp³-hybridized carbons (Fsp3) is 0.393. The second-order valence-corrected chi connectivity index (χ2v) is 11.5. The summed E-state index contributed by atoms with van der Waals surface area (Å²) in [5.74, 6) is -0.477. The van der Waals surface area contributed by atoms with E-state index >= 15 is 0 Å². The van der Waals surface area contributed by atoms with Crippen LogP contribution in [-0.4, -0.2) is 22.5 Å². The maximum absolute atomic E-state index is 13.4. The Kier molecular flexibility index (Phi) is 8.73. The van der Waals surface area contributed by atoms with Gasteiger partial charge in [0.25, 0.3) is 0 Å². The number of hydrogen-bond acceptors (Lipinski definition) is 5. The summed E-state index contributed by atoms with van der Waals surface area (Å²) < 4.78 is 5.40. The molecule has 0 spiro atoms. The Labute approximate surface area is 217 Å². The van der Waals surface area contributed by atoms with E-state index in [4.69, 9.17) is 21.3 Å². The molecule has 7 heteroatoms. The minimum Gasteiger partial charge on any atom is -0.460 e. The number of amides is 1. The van der Waals surface area contributed by atoms with E-state index in [-0.39, 0.29) is 12.3 Å². The van der Waals surface area contributed by atoms with E-state index in [0.29, 0.717) is 22.6 Å². The van der Waals surface area contributed by atoms with Crippen molar-refractivity contribution in [2.45, 2.75) is 66.5 Å². The number of anilines is 1. The summed E-state index contributed by atoms with van der Waals surface area (Å²) in [5.41, 5.74) is 3.07. The number of nitrogens with zero attached hydrogens (tertiary/aromatic N) is 2. The number of carbonyl (C=O) groups is 2. The third-order valence-corrected chi connectivity index (χ3v) is 6.67. The summed E-state index contributed by atoms with van der Waals surface area (Å²) in [7, 11) is 0. The molecular weight excluding hydrogens is 480 g/mol. The Morgan fingerprint density at radius 3 is 2.40 bits per heavy atom. The predicted molar refractivity (Wildman–Crippen MR) is 144 cm³/mol. The molecule has 0 aliphatic rings. The molecule has 5 nitrogen and oxygen atoms in total. The molecule has 0 atom stereocenters. The molecule has 0 fully saturated rings. The van der Waals surface area contributed by atoms with Gasteiger partial charge in [-0.15, -0.1) is 11.3 Å². The first kappa shape index (κ1) is 26.9. The minimum absolute atomic E-state index is 0.316. The van der Waals surface area contributed by atoms with Crippen LogP contribution >= 0.6 is 22.9 Å². The van der Waals surface area contributed by atoms with Gasteiger partial charge in [0.05, 0.1) is 12.2 Å². The van der Waals surface area contributed by atoms with Crippen molar-refractivity contribution in [1.29, 1.82) is 0 Å². The lowest BCUT2D eigenvalue weighted by Gasteiger charge is -2.22. The molecule has 186 valence electrons. The number of esters is 1. The molecule has 3 rings (SSSR count). The van der Waals surface area contributed by atoms with Gasteiger partial charge in [0.1, 0.15) is 12.0 Å². The van der Waals surface area contributed by atoms with Crippen LogP contribution in [0.4, 0.5) is 5.13 Å². The lowest BCUT2D eigenvalue weighted by molar-refractivity contribution is -0.156. The van der Waals surface area contributed by atoms with Crippen molar-refractivity contribution in [2.75, 3.05) is 4.90 Å². The summed E-state index contributed by atoms with van der Waals surface area (Å²) in [6.45, 7) is 12.0. The average molecular weight is 513 g/mol. The van der Waals surface area contributed by atoms with Crippen LogP contribution < -0.4 is 4.90 Å². The Bertz CT molecular complexity index is 1180. The smallest absolute Gasteiger partial charge is 0.315 e. The fourth-order valence-electron chi connectivity index (χ4n) is 3.61. The van der Waals surface area contributed by atoms with Gasteiger partial charge in [-0.3, -0.25) is 14.5 Å². The summed E-state index contributed by atoms with van der Waals surface area (Å²) in [6, 6.07) is 15.6. The van der Waals surface area contributed by atoms with Crippen molar-refractivity contribution in [3.05, 3.63) is 69.6 Å². The highest BCUT2D eigenvalue weighted by molar-refractivity contribution is 7.16. The average Bonchev–Trinajstić information content (AvgIpc) is 3.15. The molecule has 35 heavy (non-hydrogen) atoms. The van der Waals surface area contributed by atoms with Crippen LogP contribution in [0.3, 0.4) is 0 Å². The molecule has 1 heterocycles. The van der Waals surface area contributed by atoms with Crippen molar-refractivity contribution >= 4 is 39.9 Å². The maximum atomic E-state index is 13.4. The lowest BCUT2D eigenvalue weighted by atomic mass is 10.0. The molecule has 0 saturated carbocycles. The van der Waals surface area contributed by atoms with Gasteiger partial charge in [-0.05, 0) is 63.3 Å². The zero-order valence-electron chi connectivity index (χ0n) is 21.2. The second-order valence-electron chi connectivity index (χ2n) is 10.1. The van der Waals surface area contributed by atoms with Crippen LogP contribution in [0, 0.1) is 12.8 Å². The molecule has 3 aromatic rings. The van der Waals surface area contributed by atoms with Crippen LogP contribution in [-0.2, 0) is 27.3 Å². The summed E-state index contributed by atoms with van der Waals surface area (Å²) >= 11 is 7.76. The highest BCUT2D eigenvalue weighted by Crippen LogP contribution is 2.37. The largest absolute Gasteiger partial charge is 0.460 e. The molecule has 0 saturated heterocycles. The van der Waals surface area contributed by atoms with E-state index in [2.05, 4.69) is 13.8 Å². The van der Waals surface area contributed by atoms with Crippen molar-refractivity contribution < 1.29 is 14.3 Å². The van der Waals surface area contributed by atoms with E-state index in [1.165, 1.54) is 11.3 Å². The Morgan fingerprint density at radius 1 is 1.11 bits per heavy atom. The van der Waals surface area contributed by atoms with E-state index in [9.17, 15) is 9.59 Å². The number of aryl methyl sites for hydroxylation is 1. The molecule has 0 unspecified atom stereocenters. The monoisotopic (exact) mass is 512 g/mol. The predicted octanol–water partition coefficient (Wildman–Crippen LogP) is 7.24. The third-order valence-electron chi connectivity index (χ3n) is 5.14. The number of aromatic nitrogens is 1. The number of hydrogen-bond donors (Lipinski definition) is 0. The van der Waals surface area contributed by atoms with E-state index < -0.39 is 11.6 Å². The van der Waals surface area contributed by atoms with Crippen LogP contribution in [0.25, 0.3) is 11.3 Å². The highest BCUT2D eigenvalue weighted by Gasteiger charge is 2.27. The van der Waals surface area contributed by atoms with E-state index in [0.717, 1.165) is 33.7 Å². The summed E-state index contributed by atoms with van der Waals surface area (Å²) in [4.78, 5) is 33.5. The number of carbonyl (C=O) groups excluding carboxylic acids is 2. The minimum atomic E-state index is -0.660. The van der Waals surface area contributed by atoms with Gasteiger partial charge in [-0.1, -0.05) is 61.8 Å². The molecular formula is C28H33ClN2O3S. The van der Waals surface area contributed by atoms with Gasteiger partial charge < -0.3 is 4.74 Å². The van der Waals surface area contributed by atoms with Gasteiger partial charge in [-0.2, -0.15) is 0 Å². The third kappa shape index (κ3) is 7.64. The number of benzene rings is 2. The van der Waals surface area contributed by atoms with Crippen molar-refractivity contribution in [1.82, 2.24) is 4.98 Å². The van der Waals surface area contributed by atoms with Crippen LogP contribution in [0.5, 0.6) is 0 Å². The summed E-state index contributed by atoms with van der Waals surface area (Å²) in [5, 5.41) is 1.27. The SMILES string of the molecule is Cc1cc(-c2nc(N(Cc3ccccc3)C(=O)CC(=O)OC(C)(C)C)sc2CC(C)C)ccc1Cl. The highest BCUT2D eigenvalue weighted by atomic mass is 35.5. The summed E-state index contributed by atoms with van der Waals surface area (Å²) in [6.07, 6.45) is 0.479. The first-order chi connectivity index (χ1) is 16.4. The Balaban J connectivity index is 2.02. The van der Waals surface area contributed by atoms with Gasteiger partial charge in [-0.25, -0.2) is 4.98 Å². The standard InChI is InChI=1S/C28H33ClN2O3S/c1-18(2)14-23-26(21-12-13-22(29)19(3)15-21)30-27(35-23)31(17-20-10-8-7-9-11-20)24(32)16-25(33)34-28(4,5)6/h7-13,15,18H,14,16-17H2,1-6H3. The number of thiazole rings is 1. The maximum Gasteiger partial charge on any atom is 0.315 e. The van der Waals surface area contributed by atoms with Crippen molar-refractivity contribution in [3.63, 3.8) is 0 Å². The zero-order valence-corrected chi connectivity index (χ0v) is 22.8. The van der Waals surface area contributed by atoms with Crippen LogP contribution in [0.1, 0.15) is 57.0 Å². The topological polar surface area (TPSA) is 59.5 Å². The fourth-order valence-corrected chi connectivity index (χ4v) is 5.03. The first-order valence-corrected chi connectivity index (χ1v) is 12.9. The Hall–Kier alpha value is -2.70. The molecule has 0 bridgehead atoms. The molecule has 0 aliphatic heterocycles. The van der Waals surface area contributed by atoms with Gasteiger partial charge in [0, 0.05) is 15.5 Å².